The number of furan rings is 1. The van der Waals surface area contributed by atoms with Crippen LogP contribution in [-0.2, 0) is 12.8 Å². The fraction of sp³-hybridized carbons (Fsp3) is 0.375. The third-order valence-electron chi connectivity index (χ3n) is 3.39. The quantitative estimate of drug-likeness (QED) is 0.830. The lowest BCUT2D eigenvalue weighted by atomic mass is 10.0. The summed E-state index contributed by atoms with van der Waals surface area (Å²) in [5, 5.41) is 3.37. The van der Waals surface area contributed by atoms with Crippen molar-refractivity contribution >= 4 is 0 Å². The van der Waals surface area contributed by atoms with Gasteiger partial charge in [0.05, 0.1) is 13.4 Å². The normalized spacial score (nSPS) is 12.3. The van der Waals surface area contributed by atoms with Gasteiger partial charge in [-0.3, -0.25) is 0 Å². The summed E-state index contributed by atoms with van der Waals surface area (Å²) in [7, 11) is 3.72. The molecular weight excluding hydrogens is 238 g/mol. The lowest BCUT2D eigenvalue weighted by molar-refractivity contribution is 0.403. The fourth-order valence-corrected chi connectivity index (χ4v) is 2.26. The Hall–Kier alpha value is -1.74. The molecule has 0 bridgehead atoms. The number of ether oxygens (including phenoxy) is 1. The summed E-state index contributed by atoms with van der Waals surface area (Å²) in [6.45, 7) is 0. The molecule has 0 radical (unpaired) electrons. The molecule has 0 aliphatic rings. The first kappa shape index (κ1) is 13.7. The predicted molar refractivity (Wildman–Crippen MR) is 76.6 cm³/mol. The third-order valence-corrected chi connectivity index (χ3v) is 3.39. The van der Waals surface area contributed by atoms with Crippen molar-refractivity contribution in [1.82, 2.24) is 5.32 Å². The Balaban J connectivity index is 1.94. The molecule has 102 valence electrons. The Morgan fingerprint density at radius 1 is 1.21 bits per heavy atom. The first-order chi connectivity index (χ1) is 9.33. The maximum Gasteiger partial charge on any atom is 0.122 e. The first-order valence-corrected chi connectivity index (χ1v) is 6.65. The van der Waals surface area contributed by atoms with Crippen molar-refractivity contribution in [3.8, 4) is 5.75 Å². The van der Waals surface area contributed by atoms with E-state index < -0.39 is 0 Å². The SMILES string of the molecule is CNC(CCc1ccco1)Cc1ccccc1OC. The molecule has 2 rings (SSSR count). The third kappa shape index (κ3) is 3.86. The van der Waals surface area contributed by atoms with Crippen LogP contribution in [0.25, 0.3) is 0 Å². The van der Waals surface area contributed by atoms with Gasteiger partial charge in [-0.25, -0.2) is 0 Å². The monoisotopic (exact) mass is 259 g/mol. The molecule has 3 nitrogen and oxygen atoms in total. The van der Waals surface area contributed by atoms with Crippen LogP contribution in [0.3, 0.4) is 0 Å². The molecule has 0 aliphatic carbocycles. The molecule has 1 heterocycles. The Morgan fingerprint density at radius 3 is 2.74 bits per heavy atom. The summed E-state index contributed by atoms with van der Waals surface area (Å²) in [5.74, 6) is 2.00. The second kappa shape index (κ2) is 7.00. The summed E-state index contributed by atoms with van der Waals surface area (Å²) in [5.41, 5.74) is 1.24. The highest BCUT2D eigenvalue weighted by Crippen LogP contribution is 2.20. The van der Waals surface area contributed by atoms with Gasteiger partial charge in [-0.15, -0.1) is 0 Å². The van der Waals surface area contributed by atoms with Crippen molar-refractivity contribution in [1.29, 1.82) is 0 Å². The zero-order valence-electron chi connectivity index (χ0n) is 11.6. The average Bonchev–Trinajstić information content (AvgIpc) is 2.97. The summed E-state index contributed by atoms with van der Waals surface area (Å²) < 4.78 is 10.8. The minimum absolute atomic E-state index is 0.418. The van der Waals surface area contributed by atoms with Crippen molar-refractivity contribution in [2.24, 2.45) is 0 Å². The summed E-state index contributed by atoms with van der Waals surface area (Å²) in [6, 6.07) is 12.6. The van der Waals surface area contributed by atoms with Crippen LogP contribution < -0.4 is 10.1 Å². The summed E-state index contributed by atoms with van der Waals surface area (Å²) >= 11 is 0. The van der Waals surface area contributed by atoms with Gasteiger partial charge in [-0.2, -0.15) is 0 Å². The minimum atomic E-state index is 0.418. The van der Waals surface area contributed by atoms with Crippen molar-refractivity contribution in [3.05, 3.63) is 54.0 Å². The molecule has 1 atom stereocenters. The van der Waals surface area contributed by atoms with Crippen molar-refractivity contribution in [3.63, 3.8) is 0 Å². The van der Waals surface area contributed by atoms with E-state index in [0.29, 0.717) is 6.04 Å². The van der Waals surface area contributed by atoms with E-state index in [1.807, 2.05) is 31.3 Å². The number of hydrogen-bond donors (Lipinski definition) is 1. The molecule has 1 N–H and O–H groups in total. The summed E-state index contributed by atoms with van der Waals surface area (Å²) in [6.07, 6.45) is 4.68. The van der Waals surface area contributed by atoms with E-state index in [0.717, 1.165) is 30.8 Å². The number of aryl methyl sites for hydroxylation is 1. The average molecular weight is 259 g/mol. The molecule has 0 spiro atoms. The van der Waals surface area contributed by atoms with Gasteiger partial charge in [0.2, 0.25) is 0 Å². The first-order valence-electron chi connectivity index (χ1n) is 6.65. The Morgan fingerprint density at radius 2 is 2.05 bits per heavy atom. The van der Waals surface area contributed by atoms with Crippen LogP contribution in [0, 0.1) is 0 Å². The van der Waals surface area contributed by atoms with Gasteiger partial charge in [0.15, 0.2) is 0 Å². The summed E-state index contributed by atoms with van der Waals surface area (Å²) in [4.78, 5) is 0. The van der Waals surface area contributed by atoms with Gasteiger partial charge in [-0.05, 0) is 43.7 Å². The van der Waals surface area contributed by atoms with Crippen LogP contribution in [0.5, 0.6) is 5.75 Å². The topological polar surface area (TPSA) is 34.4 Å². The molecular formula is C16H21NO2. The predicted octanol–water partition coefficient (Wildman–Crippen LogP) is 3.05. The molecule has 0 saturated carbocycles. The number of likely N-dealkylation sites (N-methyl/N-ethyl adjacent to an activating group) is 1. The van der Waals surface area contributed by atoms with E-state index in [4.69, 9.17) is 9.15 Å². The second-order valence-corrected chi connectivity index (χ2v) is 4.62. The largest absolute Gasteiger partial charge is 0.496 e. The van der Waals surface area contributed by atoms with Gasteiger partial charge in [0, 0.05) is 12.5 Å². The highest BCUT2D eigenvalue weighted by molar-refractivity contribution is 5.33. The lowest BCUT2D eigenvalue weighted by Crippen LogP contribution is -2.28. The number of benzene rings is 1. The Kier molecular flexibility index (Phi) is 5.04. The van der Waals surface area contributed by atoms with Gasteiger partial charge in [0.1, 0.15) is 11.5 Å². The molecule has 19 heavy (non-hydrogen) atoms. The van der Waals surface area contributed by atoms with Gasteiger partial charge >= 0.3 is 0 Å². The molecule has 0 aliphatic heterocycles. The smallest absolute Gasteiger partial charge is 0.122 e. The van der Waals surface area contributed by atoms with Crippen LogP contribution in [0.2, 0.25) is 0 Å². The number of para-hydroxylation sites is 1. The zero-order valence-corrected chi connectivity index (χ0v) is 11.6. The minimum Gasteiger partial charge on any atom is -0.496 e. The van der Waals surface area contributed by atoms with E-state index in [-0.39, 0.29) is 0 Å². The van der Waals surface area contributed by atoms with Gasteiger partial charge in [-0.1, -0.05) is 18.2 Å². The molecule has 3 heteroatoms. The van der Waals surface area contributed by atoms with Crippen molar-refractivity contribution in [2.75, 3.05) is 14.2 Å². The lowest BCUT2D eigenvalue weighted by Gasteiger charge is -2.17. The number of rotatable bonds is 7. The molecule has 1 unspecified atom stereocenters. The van der Waals surface area contributed by atoms with E-state index in [1.165, 1.54) is 5.56 Å². The Labute approximate surface area is 114 Å². The molecule has 0 fully saturated rings. The molecule has 0 saturated heterocycles. The van der Waals surface area contributed by atoms with E-state index in [9.17, 15) is 0 Å². The highest BCUT2D eigenvalue weighted by atomic mass is 16.5. The van der Waals surface area contributed by atoms with Gasteiger partial charge in [0.25, 0.3) is 0 Å². The molecule has 0 amide bonds. The van der Waals surface area contributed by atoms with E-state index in [1.54, 1.807) is 13.4 Å². The maximum atomic E-state index is 5.39. The van der Waals surface area contributed by atoms with Crippen molar-refractivity contribution in [2.45, 2.75) is 25.3 Å². The number of methoxy groups -OCH3 is 1. The maximum absolute atomic E-state index is 5.39. The molecule has 2 aromatic rings. The Bertz CT molecular complexity index is 479. The second-order valence-electron chi connectivity index (χ2n) is 4.62. The standard InChI is InChI=1S/C16H21NO2/c1-17-14(9-10-15-7-5-11-19-15)12-13-6-3-4-8-16(13)18-2/h3-8,11,14,17H,9-10,12H2,1-2H3. The van der Waals surface area contributed by atoms with Crippen LogP contribution in [0.4, 0.5) is 0 Å². The number of nitrogens with one attached hydrogen (secondary N) is 1. The van der Waals surface area contributed by atoms with Crippen molar-refractivity contribution < 1.29 is 9.15 Å². The molecule has 1 aromatic heterocycles. The zero-order chi connectivity index (χ0) is 13.5. The van der Waals surface area contributed by atoms with E-state index >= 15 is 0 Å². The van der Waals surface area contributed by atoms with Crippen LogP contribution in [0.1, 0.15) is 17.7 Å². The van der Waals surface area contributed by atoms with E-state index in [2.05, 4.69) is 17.4 Å². The number of hydrogen-bond acceptors (Lipinski definition) is 3. The highest BCUT2D eigenvalue weighted by Gasteiger charge is 2.11. The molecule has 1 aromatic carbocycles. The van der Waals surface area contributed by atoms with Gasteiger partial charge < -0.3 is 14.5 Å². The fourth-order valence-electron chi connectivity index (χ4n) is 2.26. The van der Waals surface area contributed by atoms with Crippen LogP contribution >= 0.6 is 0 Å². The van der Waals surface area contributed by atoms with Crippen LogP contribution in [0.15, 0.2) is 47.1 Å². The van der Waals surface area contributed by atoms with Crippen LogP contribution in [-0.4, -0.2) is 20.2 Å².